The average Bonchev–Trinajstić information content (AvgIpc) is 2.67. The van der Waals surface area contributed by atoms with Gasteiger partial charge in [-0.1, -0.05) is 38.5 Å². The van der Waals surface area contributed by atoms with Crippen LogP contribution in [0.15, 0.2) is 24.3 Å². The van der Waals surface area contributed by atoms with Gasteiger partial charge in [-0.25, -0.2) is 4.79 Å². The van der Waals surface area contributed by atoms with Gasteiger partial charge in [-0.15, -0.1) is 0 Å². The molecule has 3 amide bonds. The Morgan fingerprint density at radius 2 is 1.71 bits per heavy atom. The van der Waals surface area contributed by atoms with Gasteiger partial charge in [-0.3, -0.25) is 9.59 Å². The molecule has 0 heterocycles. The summed E-state index contributed by atoms with van der Waals surface area (Å²) in [7, 11) is 0. The SMILES string of the molecule is CCC(C)C(NC(=O)OC(C)(C)C)C(=O)N(C1CCC1)C(C(=O)NC(C)(C)C)c1ccccc1O. The van der Waals surface area contributed by atoms with E-state index in [2.05, 4.69) is 10.6 Å². The fourth-order valence-electron chi connectivity index (χ4n) is 4.04. The van der Waals surface area contributed by atoms with Gasteiger partial charge in [0, 0.05) is 17.1 Å². The molecule has 0 spiro atoms. The molecule has 3 unspecified atom stereocenters. The molecule has 35 heavy (non-hydrogen) atoms. The van der Waals surface area contributed by atoms with Crippen molar-refractivity contribution in [2.75, 3.05) is 0 Å². The van der Waals surface area contributed by atoms with Crippen LogP contribution in [0, 0.1) is 5.92 Å². The van der Waals surface area contributed by atoms with Gasteiger partial charge >= 0.3 is 6.09 Å². The van der Waals surface area contributed by atoms with E-state index in [-0.39, 0.29) is 29.5 Å². The highest BCUT2D eigenvalue weighted by molar-refractivity contribution is 5.93. The number of alkyl carbamates (subject to hydrolysis) is 1. The topological polar surface area (TPSA) is 108 Å². The van der Waals surface area contributed by atoms with E-state index in [0.717, 1.165) is 19.3 Å². The van der Waals surface area contributed by atoms with E-state index in [1.165, 1.54) is 6.07 Å². The molecule has 8 heteroatoms. The Bertz CT molecular complexity index is 899. The summed E-state index contributed by atoms with van der Waals surface area (Å²) in [5.74, 6) is -0.987. The number of carbonyl (C=O) groups excluding carboxylic acids is 3. The van der Waals surface area contributed by atoms with Crippen LogP contribution >= 0.6 is 0 Å². The molecule has 0 aliphatic heterocycles. The van der Waals surface area contributed by atoms with Crippen LogP contribution in [0.3, 0.4) is 0 Å². The molecule has 0 bridgehead atoms. The van der Waals surface area contributed by atoms with E-state index in [1.807, 2.05) is 34.6 Å². The lowest BCUT2D eigenvalue weighted by Crippen LogP contribution is -2.60. The molecule has 1 saturated carbocycles. The van der Waals surface area contributed by atoms with E-state index < -0.39 is 29.3 Å². The smallest absolute Gasteiger partial charge is 0.408 e. The zero-order valence-corrected chi connectivity index (χ0v) is 22.5. The maximum absolute atomic E-state index is 14.2. The van der Waals surface area contributed by atoms with E-state index in [9.17, 15) is 19.5 Å². The van der Waals surface area contributed by atoms with Gasteiger partial charge in [0.25, 0.3) is 0 Å². The average molecular weight is 490 g/mol. The fourth-order valence-corrected chi connectivity index (χ4v) is 4.04. The number of para-hydroxylation sites is 1. The lowest BCUT2D eigenvalue weighted by Gasteiger charge is -2.45. The number of amides is 3. The zero-order chi connectivity index (χ0) is 26.6. The summed E-state index contributed by atoms with van der Waals surface area (Å²) in [4.78, 5) is 42.1. The third-order valence-corrected chi connectivity index (χ3v) is 6.13. The van der Waals surface area contributed by atoms with Crippen molar-refractivity contribution in [3.8, 4) is 5.75 Å². The molecule has 0 radical (unpaired) electrons. The molecule has 3 N–H and O–H groups in total. The van der Waals surface area contributed by atoms with Crippen molar-refractivity contribution in [3.63, 3.8) is 0 Å². The number of benzene rings is 1. The Balaban J connectivity index is 2.54. The van der Waals surface area contributed by atoms with Crippen molar-refractivity contribution in [2.45, 2.75) is 110 Å². The van der Waals surface area contributed by atoms with Gasteiger partial charge in [0.1, 0.15) is 23.4 Å². The monoisotopic (exact) mass is 489 g/mol. The quantitative estimate of drug-likeness (QED) is 0.492. The summed E-state index contributed by atoms with van der Waals surface area (Å²) in [6, 6.07) is 4.50. The first-order valence-electron chi connectivity index (χ1n) is 12.6. The van der Waals surface area contributed by atoms with Crippen LogP contribution in [0.4, 0.5) is 4.79 Å². The van der Waals surface area contributed by atoms with Gasteiger partial charge in [-0.2, -0.15) is 0 Å². The minimum Gasteiger partial charge on any atom is -0.508 e. The maximum Gasteiger partial charge on any atom is 0.408 e. The summed E-state index contributed by atoms with van der Waals surface area (Å²) in [5, 5.41) is 16.4. The second-order valence-corrected chi connectivity index (χ2v) is 11.5. The van der Waals surface area contributed by atoms with Gasteiger partial charge in [0.2, 0.25) is 11.8 Å². The number of nitrogens with one attached hydrogen (secondary N) is 2. The second kappa shape index (κ2) is 11.3. The van der Waals surface area contributed by atoms with Crippen LogP contribution in [0.5, 0.6) is 5.75 Å². The molecule has 196 valence electrons. The first-order chi connectivity index (χ1) is 16.1. The minimum absolute atomic E-state index is 0.0566. The summed E-state index contributed by atoms with van der Waals surface area (Å²) >= 11 is 0. The molecule has 2 rings (SSSR count). The molecule has 1 aromatic carbocycles. The number of aromatic hydroxyl groups is 1. The number of carbonyl (C=O) groups is 3. The number of ether oxygens (including phenoxy) is 1. The number of hydrogen-bond acceptors (Lipinski definition) is 5. The highest BCUT2D eigenvalue weighted by atomic mass is 16.6. The van der Waals surface area contributed by atoms with E-state index >= 15 is 0 Å². The maximum atomic E-state index is 14.2. The Kier molecular flexibility index (Phi) is 9.20. The third-order valence-electron chi connectivity index (χ3n) is 6.13. The van der Waals surface area contributed by atoms with Crippen molar-refractivity contribution in [1.29, 1.82) is 0 Å². The van der Waals surface area contributed by atoms with Gasteiger partial charge in [-0.05, 0) is 72.8 Å². The molecule has 8 nitrogen and oxygen atoms in total. The summed E-state index contributed by atoms with van der Waals surface area (Å²) in [5.41, 5.74) is -0.903. The van der Waals surface area contributed by atoms with E-state index in [1.54, 1.807) is 43.9 Å². The number of phenolic OH excluding ortho intramolecular Hbond substituents is 1. The molecule has 1 aliphatic carbocycles. The minimum atomic E-state index is -1.04. The van der Waals surface area contributed by atoms with Crippen molar-refractivity contribution in [1.82, 2.24) is 15.5 Å². The molecule has 0 aromatic heterocycles. The zero-order valence-electron chi connectivity index (χ0n) is 22.5. The normalized spacial score (nSPS) is 16.9. The summed E-state index contributed by atoms with van der Waals surface area (Å²) in [6.45, 7) is 14.7. The van der Waals surface area contributed by atoms with Crippen LogP contribution in [0.2, 0.25) is 0 Å². The summed E-state index contributed by atoms with van der Waals surface area (Å²) < 4.78 is 5.43. The Morgan fingerprint density at radius 1 is 1.11 bits per heavy atom. The first kappa shape index (κ1) is 28.5. The van der Waals surface area contributed by atoms with E-state index in [0.29, 0.717) is 12.0 Å². The molecule has 1 aliphatic rings. The predicted molar refractivity (Wildman–Crippen MR) is 136 cm³/mol. The number of nitrogens with zero attached hydrogens (tertiary/aromatic N) is 1. The highest BCUT2D eigenvalue weighted by Crippen LogP contribution is 2.37. The van der Waals surface area contributed by atoms with Crippen LogP contribution in [0.1, 0.15) is 92.7 Å². The number of rotatable bonds is 8. The van der Waals surface area contributed by atoms with E-state index in [4.69, 9.17) is 4.74 Å². The summed E-state index contributed by atoms with van der Waals surface area (Å²) in [6.07, 6.45) is 2.40. The van der Waals surface area contributed by atoms with Crippen molar-refractivity contribution in [3.05, 3.63) is 29.8 Å². The Hall–Kier alpha value is -2.77. The van der Waals surface area contributed by atoms with Crippen LogP contribution < -0.4 is 10.6 Å². The van der Waals surface area contributed by atoms with Crippen molar-refractivity contribution >= 4 is 17.9 Å². The van der Waals surface area contributed by atoms with Crippen LogP contribution in [0.25, 0.3) is 0 Å². The van der Waals surface area contributed by atoms with Gasteiger partial charge in [0.15, 0.2) is 0 Å². The lowest BCUT2D eigenvalue weighted by molar-refractivity contribution is -0.149. The molecule has 1 aromatic rings. The largest absolute Gasteiger partial charge is 0.508 e. The number of hydrogen-bond donors (Lipinski definition) is 3. The third kappa shape index (κ3) is 7.87. The van der Waals surface area contributed by atoms with Crippen molar-refractivity contribution < 1.29 is 24.2 Å². The lowest BCUT2D eigenvalue weighted by atomic mass is 9.86. The first-order valence-corrected chi connectivity index (χ1v) is 12.6. The molecule has 1 fully saturated rings. The molecule has 0 saturated heterocycles. The standard InChI is InChI=1S/C27H43N3O5/c1-9-17(2)21(28-25(34)35-27(6,7)8)24(33)30(18-13-12-14-18)22(23(32)29-26(3,4)5)19-15-10-11-16-20(19)31/h10-11,15-18,21-22,31H,9,12-14H2,1-8H3,(H,28,34)(H,29,32). The van der Waals surface area contributed by atoms with Gasteiger partial charge in [0.05, 0.1) is 0 Å². The Labute approximate surface area is 209 Å². The molecular formula is C27H43N3O5. The molecular weight excluding hydrogens is 446 g/mol. The predicted octanol–water partition coefficient (Wildman–Crippen LogP) is 4.67. The highest BCUT2D eigenvalue weighted by Gasteiger charge is 2.44. The number of phenols is 1. The molecule has 3 atom stereocenters. The van der Waals surface area contributed by atoms with Crippen LogP contribution in [-0.4, -0.2) is 51.1 Å². The van der Waals surface area contributed by atoms with Gasteiger partial charge < -0.3 is 25.4 Å². The Morgan fingerprint density at radius 3 is 2.17 bits per heavy atom. The van der Waals surface area contributed by atoms with Crippen LogP contribution in [-0.2, 0) is 14.3 Å². The second-order valence-electron chi connectivity index (χ2n) is 11.5. The van der Waals surface area contributed by atoms with Crippen molar-refractivity contribution in [2.24, 2.45) is 5.92 Å². The fraction of sp³-hybridized carbons (Fsp3) is 0.667.